The van der Waals surface area contributed by atoms with Crippen molar-refractivity contribution in [2.24, 2.45) is 24.3 Å². The van der Waals surface area contributed by atoms with Crippen molar-refractivity contribution in [1.29, 1.82) is 0 Å². The van der Waals surface area contributed by atoms with Gasteiger partial charge in [0.15, 0.2) is 0 Å². The van der Waals surface area contributed by atoms with Gasteiger partial charge in [-0.05, 0) is 30.1 Å². The van der Waals surface area contributed by atoms with Crippen LogP contribution in [0.4, 0.5) is 0 Å². The molecule has 1 aliphatic carbocycles. The second-order valence-corrected chi connectivity index (χ2v) is 7.68. The predicted octanol–water partition coefficient (Wildman–Crippen LogP) is 3.58. The Bertz CT molecular complexity index is 399. The van der Waals surface area contributed by atoms with Crippen LogP contribution in [0.1, 0.15) is 45.9 Å². The van der Waals surface area contributed by atoms with E-state index < -0.39 is 0 Å². The molecule has 3 unspecified atom stereocenters. The molecule has 2 rings (SSSR count). The standard InChI is InChI=1S/C14H24BrN3/c1-10-5-6-11(12(15)7-10)14(2,3)8-13-16-9-17-18(13)4/h9-12H,5-8H2,1-4H3. The van der Waals surface area contributed by atoms with E-state index in [0.29, 0.717) is 4.83 Å². The Morgan fingerprint density at radius 2 is 2.17 bits per heavy atom. The van der Waals surface area contributed by atoms with E-state index in [1.807, 2.05) is 11.7 Å². The Morgan fingerprint density at radius 1 is 1.44 bits per heavy atom. The zero-order valence-corrected chi connectivity index (χ0v) is 13.4. The molecule has 0 saturated heterocycles. The fourth-order valence-electron chi connectivity index (χ4n) is 3.21. The molecular formula is C14H24BrN3. The fourth-order valence-corrected chi connectivity index (χ4v) is 4.83. The average Bonchev–Trinajstić information content (AvgIpc) is 2.63. The van der Waals surface area contributed by atoms with E-state index >= 15 is 0 Å². The molecule has 0 radical (unpaired) electrons. The molecule has 0 bridgehead atoms. The zero-order chi connectivity index (χ0) is 13.3. The van der Waals surface area contributed by atoms with Crippen molar-refractivity contribution < 1.29 is 0 Å². The normalized spacial score (nSPS) is 29.5. The summed E-state index contributed by atoms with van der Waals surface area (Å²) in [7, 11) is 1.98. The van der Waals surface area contributed by atoms with Gasteiger partial charge in [-0.1, -0.05) is 43.1 Å². The van der Waals surface area contributed by atoms with Crippen LogP contribution in [0.3, 0.4) is 0 Å². The van der Waals surface area contributed by atoms with Gasteiger partial charge in [-0.2, -0.15) is 5.10 Å². The van der Waals surface area contributed by atoms with E-state index in [1.165, 1.54) is 19.3 Å². The third-order valence-corrected chi connectivity index (χ3v) is 5.47. The molecule has 1 fully saturated rings. The molecule has 0 aromatic carbocycles. The van der Waals surface area contributed by atoms with E-state index in [1.54, 1.807) is 6.33 Å². The van der Waals surface area contributed by atoms with Crippen molar-refractivity contribution in [3.8, 4) is 0 Å². The Hall–Kier alpha value is -0.380. The van der Waals surface area contributed by atoms with Crippen LogP contribution in [0.5, 0.6) is 0 Å². The van der Waals surface area contributed by atoms with Crippen molar-refractivity contribution in [2.45, 2.75) is 51.3 Å². The fraction of sp³-hybridized carbons (Fsp3) is 0.857. The summed E-state index contributed by atoms with van der Waals surface area (Å²) < 4.78 is 1.90. The number of nitrogens with zero attached hydrogens (tertiary/aromatic N) is 3. The first kappa shape index (κ1) is 14.0. The minimum absolute atomic E-state index is 0.273. The zero-order valence-electron chi connectivity index (χ0n) is 11.9. The minimum atomic E-state index is 0.273. The van der Waals surface area contributed by atoms with E-state index in [-0.39, 0.29) is 5.41 Å². The molecule has 3 atom stereocenters. The van der Waals surface area contributed by atoms with Gasteiger partial charge in [-0.25, -0.2) is 4.98 Å². The predicted molar refractivity (Wildman–Crippen MR) is 77.7 cm³/mol. The molecule has 0 amide bonds. The number of halogens is 1. The summed E-state index contributed by atoms with van der Waals surface area (Å²) in [5.74, 6) is 2.68. The van der Waals surface area contributed by atoms with E-state index in [2.05, 4.69) is 46.8 Å². The van der Waals surface area contributed by atoms with Gasteiger partial charge >= 0.3 is 0 Å². The number of rotatable bonds is 3. The summed E-state index contributed by atoms with van der Waals surface area (Å²) in [5.41, 5.74) is 0.273. The quantitative estimate of drug-likeness (QED) is 0.798. The largest absolute Gasteiger partial charge is 0.253 e. The molecule has 18 heavy (non-hydrogen) atoms. The first-order chi connectivity index (χ1) is 8.40. The lowest BCUT2D eigenvalue weighted by Gasteiger charge is -2.42. The minimum Gasteiger partial charge on any atom is -0.253 e. The van der Waals surface area contributed by atoms with Gasteiger partial charge in [0.05, 0.1) is 0 Å². The van der Waals surface area contributed by atoms with Gasteiger partial charge in [-0.15, -0.1) is 0 Å². The lowest BCUT2D eigenvalue weighted by Crippen LogP contribution is -2.37. The highest BCUT2D eigenvalue weighted by atomic mass is 79.9. The van der Waals surface area contributed by atoms with Crippen molar-refractivity contribution in [1.82, 2.24) is 14.8 Å². The number of alkyl halides is 1. The maximum Gasteiger partial charge on any atom is 0.138 e. The molecule has 3 nitrogen and oxygen atoms in total. The highest BCUT2D eigenvalue weighted by molar-refractivity contribution is 9.09. The summed E-state index contributed by atoms with van der Waals surface area (Å²) in [5, 5.41) is 4.17. The van der Waals surface area contributed by atoms with Gasteiger partial charge < -0.3 is 0 Å². The first-order valence-electron chi connectivity index (χ1n) is 6.87. The smallest absolute Gasteiger partial charge is 0.138 e. The molecule has 0 spiro atoms. The Morgan fingerprint density at radius 3 is 2.72 bits per heavy atom. The molecule has 0 aliphatic heterocycles. The molecule has 1 saturated carbocycles. The van der Waals surface area contributed by atoms with Crippen LogP contribution in [0, 0.1) is 17.3 Å². The van der Waals surface area contributed by atoms with Gasteiger partial charge in [0.1, 0.15) is 12.2 Å². The lowest BCUT2D eigenvalue weighted by atomic mass is 9.67. The Balaban J connectivity index is 2.08. The molecule has 1 aromatic rings. The molecule has 1 heterocycles. The topological polar surface area (TPSA) is 30.7 Å². The van der Waals surface area contributed by atoms with Crippen LogP contribution >= 0.6 is 15.9 Å². The van der Waals surface area contributed by atoms with Gasteiger partial charge in [0.25, 0.3) is 0 Å². The molecule has 0 N–H and O–H groups in total. The second-order valence-electron chi connectivity index (χ2n) is 6.51. The van der Waals surface area contributed by atoms with Crippen LogP contribution in [0.2, 0.25) is 0 Å². The number of aromatic nitrogens is 3. The average molecular weight is 314 g/mol. The first-order valence-corrected chi connectivity index (χ1v) is 7.78. The van der Waals surface area contributed by atoms with E-state index in [9.17, 15) is 0 Å². The monoisotopic (exact) mass is 313 g/mol. The number of aryl methyl sites for hydroxylation is 1. The number of hydrogen-bond donors (Lipinski definition) is 0. The number of hydrogen-bond acceptors (Lipinski definition) is 2. The van der Waals surface area contributed by atoms with Crippen molar-refractivity contribution in [2.75, 3.05) is 0 Å². The summed E-state index contributed by atoms with van der Waals surface area (Å²) in [4.78, 5) is 5.02. The molecule has 1 aromatic heterocycles. The maximum atomic E-state index is 4.37. The van der Waals surface area contributed by atoms with Crippen LogP contribution in [0.25, 0.3) is 0 Å². The van der Waals surface area contributed by atoms with E-state index in [0.717, 1.165) is 24.1 Å². The van der Waals surface area contributed by atoms with E-state index in [4.69, 9.17) is 0 Å². The third-order valence-electron chi connectivity index (χ3n) is 4.46. The summed E-state index contributed by atoms with van der Waals surface area (Å²) >= 11 is 3.91. The van der Waals surface area contributed by atoms with Gasteiger partial charge in [-0.3, -0.25) is 4.68 Å². The maximum absolute atomic E-state index is 4.37. The molecule has 4 heteroatoms. The Kier molecular flexibility index (Phi) is 4.15. The third kappa shape index (κ3) is 2.95. The molecular weight excluding hydrogens is 290 g/mol. The lowest BCUT2D eigenvalue weighted by molar-refractivity contribution is 0.143. The SMILES string of the molecule is CC1CCC(C(C)(C)Cc2ncnn2C)C(Br)C1. The van der Waals surface area contributed by atoms with Crippen molar-refractivity contribution in [3.63, 3.8) is 0 Å². The Labute approximate surface area is 118 Å². The van der Waals surface area contributed by atoms with Crippen LogP contribution in [-0.2, 0) is 13.5 Å². The highest BCUT2D eigenvalue weighted by Crippen LogP contribution is 2.44. The van der Waals surface area contributed by atoms with Crippen molar-refractivity contribution in [3.05, 3.63) is 12.2 Å². The van der Waals surface area contributed by atoms with Crippen LogP contribution < -0.4 is 0 Å². The van der Waals surface area contributed by atoms with Crippen molar-refractivity contribution >= 4 is 15.9 Å². The summed E-state index contributed by atoms with van der Waals surface area (Å²) in [6.45, 7) is 7.10. The highest BCUT2D eigenvalue weighted by Gasteiger charge is 2.38. The van der Waals surface area contributed by atoms with Crippen LogP contribution in [-0.4, -0.2) is 19.6 Å². The van der Waals surface area contributed by atoms with Crippen LogP contribution in [0.15, 0.2) is 6.33 Å². The second kappa shape index (κ2) is 5.32. The summed E-state index contributed by atoms with van der Waals surface area (Å²) in [6, 6.07) is 0. The summed E-state index contributed by atoms with van der Waals surface area (Å²) in [6.07, 6.45) is 6.63. The molecule has 102 valence electrons. The van der Waals surface area contributed by atoms with Gasteiger partial charge in [0, 0.05) is 18.3 Å². The molecule has 1 aliphatic rings. The van der Waals surface area contributed by atoms with Gasteiger partial charge in [0.2, 0.25) is 0 Å².